The fraction of sp³-hybridized carbons (Fsp3) is 0.0435. The van der Waals surface area contributed by atoms with Gasteiger partial charge in [0, 0.05) is 16.1 Å². The van der Waals surface area contributed by atoms with Gasteiger partial charge in [-0.1, -0.05) is 35.9 Å². The van der Waals surface area contributed by atoms with Crippen LogP contribution in [0.1, 0.15) is 21.7 Å². The maximum Gasteiger partial charge on any atom is 0.279 e. The fourth-order valence-corrected chi connectivity index (χ4v) is 3.28. The van der Waals surface area contributed by atoms with Crippen LogP contribution in [0.15, 0.2) is 63.8 Å². The largest absolute Gasteiger partial charge is 0.545 e. The molecule has 0 fully saturated rings. The molecule has 0 spiro atoms. The molecule has 0 saturated heterocycles. The van der Waals surface area contributed by atoms with Crippen LogP contribution in [0, 0.1) is 6.92 Å². The zero-order chi connectivity index (χ0) is 21.4. The number of hydrogen-bond acceptors (Lipinski definition) is 4. The molecule has 150 valence electrons. The second-order valence-corrected chi connectivity index (χ2v) is 7.22. The number of H-pyrrole nitrogens is 1. The predicted octanol–water partition coefficient (Wildman–Crippen LogP) is 1.99. The van der Waals surface area contributed by atoms with Crippen LogP contribution in [0.5, 0.6) is 0 Å². The molecule has 1 N–H and O–H groups in total. The van der Waals surface area contributed by atoms with Crippen molar-refractivity contribution < 1.29 is 14.3 Å². The molecule has 0 bridgehead atoms. The number of carbonyl (C=O) groups excluding carboxylic acids is 1. The quantitative estimate of drug-likeness (QED) is 0.547. The minimum absolute atomic E-state index is 0.0859. The number of furan rings is 1. The normalized spacial score (nSPS) is 11.7. The predicted molar refractivity (Wildman–Crippen MR) is 113 cm³/mol. The summed E-state index contributed by atoms with van der Waals surface area (Å²) in [5.41, 5.74) is 1.94. The van der Waals surface area contributed by atoms with Crippen LogP contribution < -0.4 is 21.2 Å². The summed E-state index contributed by atoms with van der Waals surface area (Å²) in [6, 6.07) is 15.4. The summed E-state index contributed by atoms with van der Waals surface area (Å²) in [6.45, 7) is 5.88. The first-order valence-electron chi connectivity index (χ1n) is 9.03. The number of carbonyl (C=O) groups is 1. The molecular weight excluding hydrogens is 404 g/mol. The summed E-state index contributed by atoms with van der Waals surface area (Å²) in [4.78, 5) is 24.0. The maximum atomic E-state index is 12.8. The van der Waals surface area contributed by atoms with Crippen molar-refractivity contribution in [1.29, 1.82) is 0 Å². The number of aromatic carboxylic acids is 1. The fourth-order valence-electron chi connectivity index (χ4n) is 3.08. The van der Waals surface area contributed by atoms with E-state index in [9.17, 15) is 14.7 Å². The van der Waals surface area contributed by atoms with E-state index in [1.54, 1.807) is 24.3 Å². The summed E-state index contributed by atoms with van der Waals surface area (Å²) in [6.07, 6.45) is 1.59. The van der Waals surface area contributed by atoms with Gasteiger partial charge in [0.2, 0.25) is 0 Å². The number of nitrogens with one attached hydrogen (secondary N) is 1. The molecule has 6 nitrogen and oxygen atoms in total. The van der Waals surface area contributed by atoms with Gasteiger partial charge in [-0.25, -0.2) is 4.68 Å². The molecule has 4 aromatic rings. The van der Waals surface area contributed by atoms with Crippen molar-refractivity contribution in [3.05, 3.63) is 97.4 Å². The van der Waals surface area contributed by atoms with Gasteiger partial charge in [-0.2, -0.15) is 0 Å². The third-order valence-corrected chi connectivity index (χ3v) is 5.01. The molecule has 0 aliphatic heterocycles. The van der Waals surface area contributed by atoms with E-state index in [2.05, 4.69) is 11.7 Å². The first-order chi connectivity index (χ1) is 14.3. The van der Waals surface area contributed by atoms with Crippen molar-refractivity contribution in [1.82, 2.24) is 9.78 Å². The lowest BCUT2D eigenvalue weighted by Crippen LogP contribution is -2.33. The maximum absolute atomic E-state index is 12.8. The molecule has 30 heavy (non-hydrogen) atoms. The van der Waals surface area contributed by atoms with Crippen LogP contribution in [-0.2, 0) is 0 Å². The van der Waals surface area contributed by atoms with Crippen molar-refractivity contribution in [2.45, 2.75) is 6.92 Å². The van der Waals surface area contributed by atoms with Crippen LogP contribution in [0.4, 0.5) is 0 Å². The van der Waals surface area contributed by atoms with Crippen molar-refractivity contribution >= 4 is 30.2 Å². The molecule has 0 aliphatic carbocycles. The summed E-state index contributed by atoms with van der Waals surface area (Å²) in [5, 5.41) is 15.0. The Morgan fingerprint density at radius 1 is 1.17 bits per heavy atom. The van der Waals surface area contributed by atoms with Gasteiger partial charge >= 0.3 is 0 Å². The molecule has 7 heteroatoms. The van der Waals surface area contributed by atoms with Crippen molar-refractivity contribution in [2.75, 3.05) is 0 Å². The van der Waals surface area contributed by atoms with Gasteiger partial charge in [-0.05, 0) is 55.5 Å². The van der Waals surface area contributed by atoms with Crippen LogP contribution in [-0.4, -0.2) is 15.7 Å². The Balaban J connectivity index is 1.74. The number of carboxylic acids is 1. The topological polar surface area (TPSA) is 91.1 Å². The van der Waals surface area contributed by atoms with Crippen LogP contribution in [0.2, 0.25) is 5.02 Å². The van der Waals surface area contributed by atoms with Crippen molar-refractivity contribution in [2.24, 2.45) is 0 Å². The molecule has 0 unspecified atom stereocenters. The average Bonchev–Trinajstić information content (AvgIpc) is 3.29. The smallest absolute Gasteiger partial charge is 0.279 e. The zero-order valence-corrected chi connectivity index (χ0v) is 16.7. The van der Waals surface area contributed by atoms with E-state index in [1.165, 1.54) is 16.8 Å². The second kappa shape index (κ2) is 7.57. The van der Waals surface area contributed by atoms with Gasteiger partial charge in [0.05, 0.1) is 22.2 Å². The number of hydrogen-bond donors (Lipinski definition) is 1. The number of carboxylic acid groups (broad SMARTS) is 1. The number of aromatic amines is 1. The number of aryl methyl sites for hydroxylation is 1. The highest BCUT2D eigenvalue weighted by atomic mass is 35.5. The lowest BCUT2D eigenvalue weighted by Gasteiger charge is -2.06. The van der Waals surface area contributed by atoms with Crippen molar-refractivity contribution in [3.63, 3.8) is 0 Å². The zero-order valence-electron chi connectivity index (χ0n) is 15.9. The minimum atomic E-state index is -1.37. The van der Waals surface area contributed by atoms with Gasteiger partial charge in [-0.15, -0.1) is 0 Å². The van der Waals surface area contributed by atoms with Crippen LogP contribution >= 0.6 is 11.6 Å². The Morgan fingerprint density at radius 3 is 2.60 bits per heavy atom. The molecule has 0 atom stereocenters. The Kier molecular flexibility index (Phi) is 4.93. The molecule has 2 aromatic heterocycles. The number of halogens is 1. The number of rotatable bonds is 4. The minimum Gasteiger partial charge on any atom is -0.545 e. The van der Waals surface area contributed by atoms with Gasteiger partial charge < -0.3 is 14.3 Å². The van der Waals surface area contributed by atoms with E-state index in [-0.39, 0.29) is 16.1 Å². The average molecular weight is 420 g/mol. The molecule has 0 radical (unpaired) electrons. The third kappa shape index (κ3) is 3.60. The third-order valence-electron chi connectivity index (χ3n) is 4.68. The highest BCUT2D eigenvalue weighted by molar-refractivity contribution is 6.33. The number of benzene rings is 2. The molecule has 0 saturated carbocycles. The Labute approximate surface area is 176 Å². The number of aromatic nitrogens is 2. The van der Waals surface area contributed by atoms with Gasteiger partial charge in [0.25, 0.3) is 5.56 Å². The van der Waals surface area contributed by atoms with E-state index in [0.29, 0.717) is 33.3 Å². The van der Waals surface area contributed by atoms with E-state index in [1.807, 2.05) is 31.2 Å². The lowest BCUT2D eigenvalue weighted by molar-refractivity contribution is -0.255. The monoisotopic (exact) mass is 419 g/mol. The Hall–Kier alpha value is -3.77. The molecule has 2 heterocycles. The van der Waals surface area contributed by atoms with Gasteiger partial charge in [0.1, 0.15) is 11.5 Å². The SMILES string of the molecule is C=c1[nH]n(-c2ccc(C)cc2)c(=O)/c1=C/c1ccc(-c2ccc(Cl)c(C(=O)[O-])c2)o1. The number of nitrogens with zero attached hydrogens (tertiary/aromatic N) is 1. The van der Waals surface area contributed by atoms with Gasteiger partial charge in [-0.3, -0.25) is 9.89 Å². The highest BCUT2D eigenvalue weighted by Gasteiger charge is 2.09. The Morgan fingerprint density at radius 2 is 1.90 bits per heavy atom. The highest BCUT2D eigenvalue weighted by Crippen LogP contribution is 2.26. The summed E-state index contributed by atoms with van der Waals surface area (Å²) in [5.74, 6) is -0.515. The Bertz CT molecular complexity index is 1430. The molecule has 0 aliphatic rings. The van der Waals surface area contributed by atoms with E-state index >= 15 is 0 Å². The van der Waals surface area contributed by atoms with E-state index in [0.717, 1.165) is 5.56 Å². The van der Waals surface area contributed by atoms with Crippen LogP contribution in [0.3, 0.4) is 0 Å². The summed E-state index contributed by atoms with van der Waals surface area (Å²) in [7, 11) is 0. The molecule has 2 aromatic carbocycles. The van der Waals surface area contributed by atoms with Gasteiger partial charge in [0.15, 0.2) is 0 Å². The summed E-state index contributed by atoms with van der Waals surface area (Å²) < 4.78 is 7.21. The molecule has 4 rings (SSSR count). The lowest BCUT2D eigenvalue weighted by atomic mass is 10.1. The first kappa shape index (κ1) is 19.5. The summed E-state index contributed by atoms with van der Waals surface area (Å²) >= 11 is 5.88. The molecular formula is C23H16ClN2O4-. The van der Waals surface area contributed by atoms with E-state index in [4.69, 9.17) is 16.0 Å². The standard InChI is InChI=1S/C23H17ClN2O4/c1-13-3-6-16(7-4-13)26-22(27)18(14(2)25-26)12-17-8-10-21(30-17)15-5-9-20(24)19(11-15)23(28)29/h3-12,25H,2H2,1H3,(H,28,29)/p-1/b18-12+. The molecule has 0 amide bonds. The van der Waals surface area contributed by atoms with E-state index < -0.39 is 5.97 Å². The van der Waals surface area contributed by atoms with Crippen LogP contribution in [0.25, 0.3) is 29.7 Å². The second-order valence-electron chi connectivity index (χ2n) is 6.81. The van der Waals surface area contributed by atoms with Crippen molar-refractivity contribution in [3.8, 4) is 17.0 Å². The first-order valence-corrected chi connectivity index (χ1v) is 9.41.